The van der Waals surface area contributed by atoms with Crippen molar-refractivity contribution in [2.75, 3.05) is 28.7 Å². The summed E-state index contributed by atoms with van der Waals surface area (Å²) in [5.74, 6) is -3.67. The van der Waals surface area contributed by atoms with Crippen LogP contribution < -0.4 is 27.1 Å². The number of nitrogens with one attached hydrogen (secondary N) is 1. The standard InChI is InChI=1S/C21H24N10O7S3/c1-21(2,16(36)37)38-29-9(8-6-40-19(24)25-8)12(32)26-10-13(33)31-11(15(34)35)7(4-39-14(10)31)5-41-20-28-17(22)27-18(23)30(20)3/h6,10,14H,4-5H2,1-3H3,(H8,22,23,24,25,26,27,32,34,35,36,37)/p+1/b29-9-/t10?,14-/m0/s1. The average molecular weight is 626 g/mol. The second-order valence-electron chi connectivity index (χ2n) is 9.11. The second kappa shape index (κ2) is 11.4. The monoisotopic (exact) mass is 625 g/mol. The molecule has 4 rings (SSSR count). The number of aliphatic carboxylic acids is 2. The third-order valence-electron chi connectivity index (χ3n) is 5.84. The summed E-state index contributed by atoms with van der Waals surface area (Å²) in [6.45, 7) is 2.47. The van der Waals surface area contributed by atoms with Crippen molar-refractivity contribution in [2.24, 2.45) is 12.2 Å². The highest BCUT2D eigenvalue weighted by molar-refractivity contribution is 8.01. The Morgan fingerprint density at radius 2 is 1.98 bits per heavy atom. The number of amides is 2. The minimum Gasteiger partial charge on any atom is -0.478 e. The number of β-lactam (4-membered cyclic amide) rings is 1. The fourth-order valence-corrected chi connectivity index (χ4v) is 6.58. The molecular formula is C21H25N10O7S3+. The van der Waals surface area contributed by atoms with Crippen LogP contribution in [0.5, 0.6) is 0 Å². The molecule has 20 heteroatoms. The Balaban J connectivity index is 1.53. The van der Waals surface area contributed by atoms with Gasteiger partial charge in [-0.25, -0.2) is 19.1 Å². The van der Waals surface area contributed by atoms with Gasteiger partial charge < -0.3 is 37.6 Å². The summed E-state index contributed by atoms with van der Waals surface area (Å²) < 4.78 is 1.50. The molecule has 0 saturated carbocycles. The van der Waals surface area contributed by atoms with Crippen LogP contribution in [0.25, 0.3) is 0 Å². The lowest BCUT2D eigenvalue weighted by Gasteiger charge is -2.49. The van der Waals surface area contributed by atoms with Crippen molar-refractivity contribution in [3.8, 4) is 0 Å². The third-order valence-corrected chi connectivity index (χ3v) is 8.97. The molecule has 0 radical (unpaired) electrons. The highest BCUT2D eigenvalue weighted by Gasteiger charge is 2.54. The summed E-state index contributed by atoms with van der Waals surface area (Å²) in [6.07, 6.45) is 0. The van der Waals surface area contributed by atoms with E-state index >= 15 is 0 Å². The number of fused-ring (bicyclic) bond motifs is 1. The van der Waals surface area contributed by atoms with Gasteiger partial charge in [0.05, 0.1) is 7.05 Å². The van der Waals surface area contributed by atoms with E-state index in [0.717, 1.165) is 16.2 Å². The molecule has 1 fully saturated rings. The summed E-state index contributed by atoms with van der Waals surface area (Å²) in [5.41, 5.74) is 15.3. The minimum absolute atomic E-state index is 0.00991. The molecule has 0 aliphatic carbocycles. The number of nitrogens with two attached hydrogens (primary N) is 3. The number of thiazole rings is 1. The molecule has 2 amide bonds. The Kier molecular flexibility index (Phi) is 8.27. The van der Waals surface area contributed by atoms with E-state index in [1.54, 1.807) is 7.05 Å². The molecule has 17 nitrogen and oxygen atoms in total. The van der Waals surface area contributed by atoms with Gasteiger partial charge in [0.25, 0.3) is 17.0 Å². The molecule has 0 spiro atoms. The predicted octanol–water partition coefficient (Wildman–Crippen LogP) is -1.38. The number of nitrogen functional groups attached to an aromatic ring is 3. The number of nitrogens with zero attached hydrogens (tertiary/aromatic N) is 6. The highest BCUT2D eigenvalue weighted by atomic mass is 32.2. The van der Waals surface area contributed by atoms with Gasteiger partial charge in [-0.15, -0.1) is 23.1 Å². The van der Waals surface area contributed by atoms with Crippen LogP contribution in [-0.4, -0.2) is 88.1 Å². The number of oxime groups is 1. The Hall–Kier alpha value is -4.17. The van der Waals surface area contributed by atoms with Crippen molar-refractivity contribution in [1.29, 1.82) is 0 Å². The Morgan fingerprint density at radius 3 is 2.59 bits per heavy atom. The Morgan fingerprint density at radius 1 is 1.27 bits per heavy atom. The van der Waals surface area contributed by atoms with Gasteiger partial charge in [0.2, 0.25) is 5.60 Å². The van der Waals surface area contributed by atoms with Gasteiger partial charge in [0.15, 0.2) is 10.8 Å². The molecule has 1 unspecified atom stereocenters. The zero-order chi connectivity index (χ0) is 30.2. The van der Waals surface area contributed by atoms with E-state index in [1.807, 2.05) is 0 Å². The second-order valence-corrected chi connectivity index (χ2v) is 12.0. The van der Waals surface area contributed by atoms with Crippen molar-refractivity contribution in [2.45, 2.75) is 36.0 Å². The number of hydrogen-bond donors (Lipinski definition) is 6. The van der Waals surface area contributed by atoms with Crippen molar-refractivity contribution in [1.82, 2.24) is 25.2 Å². The summed E-state index contributed by atoms with van der Waals surface area (Å²) in [7, 11) is 1.63. The SMILES string of the molecule is C[n+]1c(N)nc(N)nc1SCC1=C(C(=O)O)N2C(=O)C(NC(=O)/C(=N\OC(C)(C)C(=O)O)c3csc(N)n3)[C@@H]2SC1. The van der Waals surface area contributed by atoms with E-state index in [2.05, 4.69) is 25.4 Å². The van der Waals surface area contributed by atoms with Crippen LogP contribution in [0.1, 0.15) is 19.5 Å². The molecular weight excluding hydrogens is 600 g/mol. The van der Waals surface area contributed by atoms with Gasteiger partial charge >= 0.3 is 23.8 Å². The third kappa shape index (κ3) is 5.98. The Bertz CT molecular complexity index is 1510. The number of thioether (sulfide) groups is 2. The van der Waals surface area contributed by atoms with Gasteiger partial charge in [0.1, 0.15) is 22.8 Å². The predicted molar refractivity (Wildman–Crippen MR) is 148 cm³/mol. The number of anilines is 3. The summed E-state index contributed by atoms with van der Waals surface area (Å²) in [6, 6.07) is -1.09. The summed E-state index contributed by atoms with van der Waals surface area (Å²) >= 11 is 3.45. The van der Waals surface area contributed by atoms with Gasteiger partial charge in [-0.2, -0.15) is 0 Å². The van der Waals surface area contributed by atoms with E-state index in [0.29, 0.717) is 10.7 Å². The molecule has 4 heterocycles. The molecule has 2 aliphatic rings. The van der Waals surface area contributed by atoms with Gasteiger partial charge in [-0.05, 0) is 19.4 Å². The molecule has 41 heavy (non-hydrogen) atoms. The molecule has 0 aromatic carbocycles. The number of aromatic nitrogens is 4. The summed E-state index contributed by atoms with van der Waals surface area (Å²) in [5, 5.41) is 26.7. The first-order chi connectivity index (χ1) is 19.2. The van der Waals surface area contributed by atoms with Crippen LogP contribution in [0.2, 0.25) is 0 Å². The number of carbonyl (C=O) groups excluding carboxylic acids is 2. The first-order valence-electron chi connectivity index (χ1n) is 11.5. The average Bonchev–Trinajstić information content (AvgIpc) is 3.33. The lowest BCUT2D eigenvalue weighted by Crippen LogP contribution is -2.71. The topological polar surface area (TPSA) is 266 Å². The molecule has 2 aromatic rings. The highest BCUT2D eigenvalue weighted by Crippen LogP contribution is 2.41. The quantitative estimate of drug-likeness (QED) is 0.0584. The lowest BCUT2D eigenvalue weighted by atomic mass is 10.0. The fourth-order valence-electron chi connectivity index (χ4n) is 3.57. The van der Waals surface area contributed by atoms with Crippen LogP contribution >= 0.6 is 34.9 Å². The van der Waals surface area contributed by atoms with Crippen LogP contribution in [0.4, 0.5) is 17.0 Å². The van der Waals surface area contributed by atoms with Crippen LogP contribution in [0.15, 0.2) is 27.0 Å². The van der Waals surface area contributed by atoms with Gasteiger partial charge in [-0.1, -0.05) is 26.9 Å². The van der Waals surface area contributed by atoms with Crippen molar-refractivity contribution in [3.63, 3.8) is 0 Å². The number of hydrogen-bond acceptors (Lipinski definition) is 15. The van der Waals surface area contributed by atoms with Crippen LogP contribution in [-0.2, 0) is 31.1 Å². The van der Waals surface area contributed by atoms with E-state index < -0.39 is 46.5 Å². The number of carboxylic acids is 2. The van der Waals surface area contributed by atoms with E-state index in [1.165, 1.54) is 47.3 Å². The van der Waals surface area contributed by atoms with Gasteiger partial charge in [-0.3, -0.25) is 14.5 Å². The van der Waals surface area contributed by atoms with Crippen molar-refractivity contribution in [3.05, 3.63) is 22.3 Å². The maximum Gasteiger partial charge on any atom is 0.352 e. The molecule has 0 bridgehead atoms. The molecule has 218 valence electrons. The molecule has 2 atom stereocenters. The smallest absolute Gasteiger partial charge is 0.352 e. The van der Waals surface area contributed by atoms with E-state index in [-0.39, 0.29) is 39.9 Å². The number of rotatable bonds is 10. The van der Waals surface area contributed by atoms with Crippen LogP contribution in [0, 0.1) is 0 Å². The maximum atomic E-state index is 13.2. The zero-order valence-electron chi connectivity index (χ0n) is 21.7. The summed E-state index contributed by atoms with van der Waals surface area (Å²) in [4.78, 5) is 68.1. The zero-order valence-corrected chi connectivity index (χ0v) is 24.2. The molecule has 2 aromatic heterocycles. The number of carboxylic acid groups (broad SMARTS) is 2. The van der Waals surface area contributed by atoms with Crippen molar-refractivity contribution < 1.29 is 38.8 Å². The van der Waals surface area contributed by atoms with Crippen molar-refractivity contribution >= 4 is 81.4 Å². The normalized spacial score (nSPS) is 19.0. The molecule has 1 saturated heterocycles. The minimum atomic E-state index is -1.77. The number of carbonyl (C=O) groups is 4. The first kappa shape index (κ1) is 29.8. The molecule has 9 N–H and O–H groups in total. The Labute approximate surface area is 244 Å². The van der Waals surface area contributed by atoms with E-state index in [4.69, 9.17) is 22.0 Å². The first-order valence-corrected chi connectivity index (χ1v) is 14.5. The maximum absolute atomic E-state index is 13.2. The molecule has 2 aliphatic heterocycles. The van der Waals surface area contributed by atoms with E-state index in [9.17, 15) is 29.4 Å². The fraction of sp³-hybridized carbons (Fsp3) is 0.381. The van der Waals surface area contributed by atoms with Crippen LogP contribution in [0.3, 0.4) is 0 Å². The lowest BCUT2D eigenvalue weighted by molar-refractivity contribution is -0.701. The largest absolute Gasteiger partial charge is 0.478 e. The van der Waals surface area contributed by atoms with Gasteiger partial charge in [0, 0.05) is 16.9 Å².